The minimum Gasteiger partial charge on any atom is -0.311 e. The Kier molecular flexibility index (Phi) is 5.26. The highest BCUT2D eigenvalue weighted by Gasteiger charge is 2.67. The highest BCUT2D eigenvalue weighted by molar-refractivity contribution is 7.16. The summed E-state index contributed by atoms with van der Waals surface area (Å²) in [6.07, 6.45) is -10.5. The largest absolute Gasteiger partial charge is 0.527 e. The molecule has 1 unspecified atom stereocenters. The summed E-state index contributed by atoms with van der Waals surface area (Å²) in [5.74, 6) is -8.27. The monoisotopic (exact) mass is 404 g/mol. The third kappa shape index (κ3) is 3.93. The molecular weight excluding hydrogens is 393 g/mol. The number of nitrogens with zero attached hydrogens (tertiary/aromatic N) is 1. The summed E-state index contributed by atoms with van der Waals surface area (Å²) in [7, 11) is 0. The summed E-state index contributed by atoms with van der Waals surface area (Å²) in [6.45, 7) is 1.91. The molecule has 0 radical (unpaired) electrons. The number of alkyl halides is 7. The number of ether oxygens (including phenoxy) is 1. The fraction of sp³-hybridized carbons (Fsp3) is 0.571. The van der Waals surface area contributed by atoms with Crippen LogP contribution in [0.1, 0.15) is 29.3 Å². The molecule has 1 aromatic heterocycles. The summed E-state index contributed by atoms with van der Waals surface area (Å²) in [5, 5.41) is 10.2. The molecule has 1 heterocycles. The quantitative estimate of drug-likeness (QED) is 0.755. The number of halogens is 7. The van der Waals surface area contributed by atoms with Gasteiger partial charge in [0.15, 0.2) is 0 Å². The summed E-state index contributed by atoms with van der Waals surface area (Å²) >= 11 is 0.763. The first-order valence-electron chi connectivity index (χ1n) is 7.17. The van der Waals surface area contributed by atoms with Gasteiger partial charge in [0, 0.05) is 4.88 Å². The second kappa shape index (κ2) is 6.70. The Bertz CT molecular complexity index is 752. The van der Waals surface area contributed by atoms with Crippen molar-refractivity contribution < 1.29 is 40.3 Å². The molecule has 1 amide bonds. The molecule has 2 rings (SSSR count). The molecule has 1 N–H and O–H groups in total. The van der Waals surface area contributed by atoms with Gasteiger partial charge in [0.2, 0.25) is 0 Å². The van der Waals surface area contributed by atoms with Crippen molar-refractivity contribution in [1.29, 1.82) is 5.26 Å². The number of hydrogen-bond donors (Lipinski definition) is 1. The molecule has 26 heavy (non-hydrogen) atoms. The third-order valence-corrected chi connectivity index (χ3v) is 4.91. The van der Waals surface area contributed by atoms with Gasteiger partial charge >= 0.3 is 24.3 Å². The molecule has 1 aromatic rings. The van der Waals surface area contributed by atoms with E-state index >= 15 is 0 Å². The van der Waals surface area contributed by atoms with E-state index in [1.165, 1.54) is 5.32 Å². The predicted octanol–water partition coefficient (Wildman–Crippen LogP) is 4.45. The van der Waals surface area contributed by atoms with Crippen molar-refractivity contribution >= 4 is 22.2 Å². The van der Waals surface area contributed by atoms with E-state index in [0.717, 1.165) is 11.3 Å². The van der Waals surface area contributed by atoms with Gasteiger partial charge in [-0.25, -0.2) is 4.74 Å². The molecule has 1 aliphatic carbocycles. The second-order valence-corrected chi connectivity index (χ2v) is 6.87. The van der Waals surface area contributed by atoms with E-state index in [-0.39, 0.29) is 11.5 Å². The number of amides is 1. The Hall–Kier alpha value is -1.87. The van der Waals surface area contributed by atoms with Crippen LogP contribution in [-0.2, 0) is 22.4 Å². The number of nitriles is 1. The molecule has 0 fully saturated rings. The van der Waals surface area contributed by atoms with Crippen LogP contribution in [0.3, 0.4) is 0 Å². The molecule has 4 nitrogen and oxygen atoms in total. The molecule has 0 bridgehead atoms. The normalized spacial score (nSPS) is 18.2. The fourth-order valence-corrected chi connectivity index (χ4v) is 3.84. The van der Waals surface area contributed by atoms with Crippen molar-refractivity contribution in [2.75, 3.05) is 5.32 Å². The topological polar surface area (TPSA) is 62.1 Å². The van der Waals surface area contributed by atoms with Crippen LogP contribution in [0.2, 0.25) is 0 Å². The van der Waals surface area contributed by atoms with Crippen LogP contribution in [0.4, 0.5) is 35.7 Å². The zero-order valence-corrected chi connectivity index (χ0v) is 13.8. The number of rotatable bonds is 4. The maximum Gasteiger partial charge on any atom is 0.527 e. The molecule has 0 saturated carbocycles. The fourth-order valence-electron chi connectivity index (χ4n) is 2.48. The van der Waals surface area contributed by atoms with E-state index < -0.39 is 29.3 Å². The van der Waals surface area contributed by atoms with Gasteiger partial charge in [-0.05, 0) is 30.7 Å². The van der Waals surface area contributed by atoms with E-state index in [1.807, 2.05) is 6.92 Å². The van der Waals surface area contributed by atoms with Crippen LogP contribution >= 0.6 is 11.3 Å². The number of fused-ring (bicyclic) bond motifs is 1. The average Bonchev–Trinajstić information content (AvgIpc) is 2.80. The molecule has 144 valence electrons. The minimum atomic E-state index is -6.12. The van der Waals surface area contributed by atoms with Crippen LogP contribution < -0.4 is 5.32 Å². The van der Waals surface area contributed by atoms with Crippen LogP contribution in [0, 0.1) is 17.2 Å². The SMILES string of the molecule is CC1CCc2c(sc(NC(=O)C(F)(F)C(F)(F)OC(F)(F)F)c2C#N)C1. The Morgan fingerprint density at radius 3 is 2.42 bits per heavy atom. The third-order valence-electron chi connectivity index (χ3n) is 3.75. The number of nitrogens with one attached hydrogen (secondary N) is 1. The molecule has 1 aliphatic rings. The van der Waals surface area contributed by atoms with Gasteiger partial charge in [0.25, 0.3) is 0 Å². The van der Waals surface area contributed by atoms with E-state index in [2.05, 4.69) is 4.74 Å². The maximum atomic E-state index is 13.5. The standard InChI is InChI=1S/C14H11F7N2O2S/c1-6-2-3-7-8(5-22)10(26-9(7)4-6)23-11(24)12(15,16)13(17,18)25-14(19,20)21/h6H,2-4H2,1H3,(H,23,24). The van der Waals surface area contributed by atoms with Gasteiger partial charge in [-0.15, -0.1) is 24.5 Å². The van der Waals surface area contributed by atoms with Gasteiger partial charge in [-0.2, -0.15) is 22.8 Å². The van der Waals surface area contributed by atoms with E-state index in [4.69, 9.17) is 5.26 Å². The van der Waals surface area contributed by atoms with Crippen LogP contribution in [0.5, 0.6) is 0 Å². The van der Waals surface area contributed by atoms with Gasteiger partial charge in [0.05, 0.1) is 5.56 Å². The van der Waals surface area contributed by atoms with Crippen molar-refractivity contribution in [3.05, 3.63) is 16.0 Å². The van der Waals surface area contributed by atoms with Crippen LogP contribution in [0.25, 0.3) is 0 Å². The second-order valence-electron chi connectivity index (χ2n) is 5.76. The van der Waals surface area contributed by atoms with Crippen molar-refractivity contribution in [2.24, 2.45) is 5.92 Å². The Morgan fingerprint density at radius 2 is 1.88 bits per heavy atom. The lowest BCUT2D eigenvalue weighted by Gasteiger charge is -2.25. The van der Waals surface area contributed by atoms with Crippen molar-refractivity contribution in [1.82, 2.24) is 0 Å². The highest BCUT2D eigenvalue weighted by Crippen LogP contribution is 2.43. The lowest BCUT2D eigenvalue weighted by molar-refractivity contribution is -0.457. The number of anilines is 1. The van der Waals surface area contributed by atoms with E-state index in [1.54, 1.807) is 6.07 Å². The number of carbonyl (C=O) groups is 1. The first kappa shape index (κ1) is 20.4. The van der Waals surface area contributed by atoms with Crippen molar-refractivity contribution in [3.8, 4) is 6.07 Å². The van der Waals surface area contributed by atoms with Gasteiger partial charge in [0.1, 0.15) is 11.1 Å². The van der Waals surface area contributed by atoms with Crippen LogP contribution in [0.15, 0.2) is 0 Å². The maximum absolute atomic E-state index is 13.5. The van der Waals surface area contributed by atoms with Gasteiger partial charge in [-0.1, -0.05) is 6.92 Å². The number of carbonyl (C=O) groups excluding carboxylic acids is 1. The zero-order chi connectivity index (χ0) is 19.9. The average molecular weight is 404 g/mol. The van der Waals surface area contributed by atoms with E-state index in [9.17, 15) is 35.5 Å². The smallest absolute Gasteiger partial charge is 0.311 e. The Morgan fingerprint density at radius 1 is 1.27 bits per heavy atom. The summed E-state index contributed by atoms with van der Waals surface area (Å²) in [6, 6.07) is 1.70. The summed E-state index contributed by atoms with van der Waals surface area (Å²) < 4.78 is 91.0. The lowest BCUT2D eigenvalue weighted by Crippen LogP contribution is -2.53. The van der Waals surface area contributed by atoms with Crippen molar-refractivity contribution in [2.45, 2.75) is 44.6 Å². The molecular formula is C14H11F7N2O2S. The molecule has 0 aromatic carbocycles. The van der Waals surface area contributed by atoms with E-state index in [0.29, 0.717) is 29.7 Å². The molecule has 0 aliphatic heterocycles. The first-order valence-corrected chi connectivity index (χ1v) is 7.98. The Labute approximate surface area is 146 Å². The van der Waals surface area contributed by atoms with Crippen molar-refractivity contribution in [3.63, 3.8) is 0 Å². The number of thiophene rings is 1. The molecule has 0 spiro atoms. The predicted molar refractivity (Wildman–Crippen MR) is 75.9 cm³/mol. The lowest BCUT2D eigenvalue weighted by atomic mass is 9.88. The van der Waals surface area contributed by atoms with Gasteiger partial charge < -0.3 is 5.32 Å². The minimum absolute atomic E-state index is 0.152. The molecule has 0 saturated heterocycles. The highest BCUT2D eigenvalue weighted by atomic mass is 32.1. The summed E-state index contributed by atoms with van der Waals surface area (Å²) in [4.78, 5) is 12.2. The molecule has 1 atom stereocenters. The van der Waals surface area contributed by atoms with Gasteiger partial charge in [-0.3, -0.25) is 4.79 Å². The summed E-state index contributed by atoms with van der Waals surface area (Å²) in [5.41, 5.74) is 0.369. The van der Waals surface area contributed by atoms with Crippen LogP contribution in [-0.4, -0.2) is 24.3 Å². The Balaban J connectivity index is 2.28. The zero-order valence-electron chi connectivity index (χ0n) is 13.0. The number of hydrogen-bond acceptors (Lipinski definition) is 4. The molecule has 12 heteroatoms. The first-order chi connectivity index (χ1) is 11.8.